The molecule has 0 aliphatic carbocycles. The van der Waals surface area contributed by atoms with Gasteiger partial charge in [0.1, 0.15) is 17.2 Å². The number of hydrogen-bond acceptors (Lipinski definition) is 3. The Bertz CT molecular complexity index is 2350. The highest BCUT2D eigenvalue weighted by Crippen LogP contribution is 2.41. The van der Waals surface area contributed by atoms with Crippen LogP contribution in [0, 0.1) is 0 Å². The average molecular weight is 736 g/mol. The summed E-state index contributed by atoms with van der Waals surface area (Å²) >= 11 is 12.7. The molecule has 0 N–H and O–H groups in total. The van der Waals surface area contributed by atoms with Crippen molar-refractivity contribution in [3.63, 3.8) is 0 Å². The van der Waals surface area contributed by atoms with Crippen molar-refractivity contribution in [2.45, 2.75) is 44.2 Å². The van der Waals surface area contributed by atoms with Gasteiger partial charge >= 0.3 is 0 Å². The van der Waals surface area contributed by atoms with Crippen LogP contribution in [0.5, 0.6) is 0 Å². The van der Waals surface area contributed by atoms with E-state index in [1.807, 2.05) is 24.5 Å². The van der Waals surface area contributed by atoms with Gasteiger partial charge in [-0.25, -0.2) is 4.98 Å². The topological polar surface area (TPSA) is 53.5 Å². The lowest BCUT2D eigenvalue weighted by Gasteiger charge is -2.37. The first kappa shape index (κ1) is 34.6. The minimum atomic E-state index is -0.592. The predicted octanol–water partition coefficient (Wildman–Crippen LogP) is 10.1. The zero-order valence-electron chi connectivity index (χ0n) is 29.6. The smallest absolute Gasteiger partial charge is 0.137 e. The number of rotatable bonds is 13. The normalized spacial score (nSPS) is 11.8. The molecule has 0 atom stereocenters. The third-order valence-electron chi connectivity index (χ3n) is 10.3. The monoisotopic (exact) mass is 734 g/mol. The van der Waals surface area contributed by atoms with Crippen molar-refractivity contribution in [1.82, 2.24) is 28.9 Å². The number of fused-ring (bicyclic) bond motifs is 1. The maximum Gasteiger partial charge on any atom is 0.137 e. The van der Waals surface area contributed by atoms with E-state index in [-0.39, 0.29) is 0 Å². The van der Waals surface area contributed by atoms with Crippen LogP contribution in [0.1, 0.15) is 51.6 Å². The summed E-state index contributed by atoms with van der Waals surface area (Å²) in [4.78, 5) is 5.01. The molecule has 3 aromatic heterocycles. The molecule has 0 amide bonds. The Morgan fingerprint density at radius 3 is 1.91 bits per heavy atom. The summed E-state index contributed by atoms with van der Waals surface area (Å²) in [6.45, 7) is 0.766. The van der Waals surface area contributed by atoms with Crippen LogP contribution in [0.4, 0.5) is 0 Å². The lowest BCUT2D eigenvalue weighted by atomic mass is 9.77. The van der Waals surface area contributed by atoms with Gasteiger partial charge in [-0.05, 0) is 65.3 Å². The van der Waals surface area contributed by atoms with Gasteiger partial charge in [-0.1, -0.05) is 138 Å². The lowest BCUT2D eigenvalue weighted by Crippen LogP contribution is -2.36. The van der Waals surface area contributed by atoms with Crippen LogP contribution >= 0.6 is 23.2 Å². The molecule has 0 spiro atoms. The molecule has 3 heterocycles. The molecular formula is C45H40Cl2N6. The van der Waals surface area contributed by atoms with Gasteiger partial charge in [-0.2, -0.15) is 0 Å². The van der Waals surface area contributed by atoms with E-state index in [4.69, 9.17) is 38.4 Å². The van der Waals surface area contributed by atoms with E-state index in [0.717, 1.165) is 55.1 Å². The number of para-hydroxylation sites is 1. The number of benzene rings is 5. The molecule has 5 aromatic carbocycles. The maximum absolute atomic E-state index is 6.41. The Kier molecular flexibility index (Phi) is 9.98. The van der Waals surface area contributed by atoms with E-state index in [2.05, 4.69) is 148 Å². The number of aryl methyl sites for hydroxylation is 4. The van der Waals surface area contributed by atoms with E-state index in [9.17, 15) is 0 Å². The summed E-state index contributed by atoms with van der Waals surface area (Å²) in [6, 6.07) is 46.5. The summed E-state index contributed by atoms with van der Waals surface area (Å²) in [7, 11) is 2.11. The van der Waals surface area contributed by atoms with E-state index >= 15 is 0 Å². The highest BCUT2D eigenvalue weighted by atomic mass is 35.5. The fourth-order valence-electron chi connectivity index (χ4n) is 7.73. The van der Waals surface area contributed by atoms with E-state index in [0.29, 0.717) is 16.5 Å². The van der Waals surface area contributed by atoms with Crippen molar-refractivity contribution in [3.05, 3.63) is 207 Å². The predicted molar refractivity (Wildman–Crippen MR) is 215 cm³/mol. The van der Waals surface area contributed by atoms with Crippen molar-refractivity contribution in [1.29, 1.82) is 0 Å². The standard InChI is InChI=1S/C45H40Cl2N6/c1-51-30-34(39-21-11-12-22-42(39)51)24-26-43-49-50-44(29-33-23-25-40(46)41(47)28-33)53(43)27-13-20-38-31-52(32-48-38)45(35-14-5-2-6-15-35,36-16-7-3-8-17-36)37-18-9-4-10-19-37/h2-12,14-19,21-23,25,28,30-32H,13,20,24,26-27,29H2,1H3. The third-order valence-corrected chi connectivity index (χ3v) is 11.0. The molecule has 53 heavy (non-hydrogen) atoms. The molecule has 8 aromatic rings. The SMILES string of the molecule is Cn1cc(CCc2nnc(Cc3ccc(Cl)c(Cl)c3)n2CCCc2cn(C(c3ccccc3)(c3ccccc3)c3ccccc3)cn2)c2ccccc21. The molecular weight excluding hydrogens is 695 g/mol. The number of aromatic nitrogens is 6. The number of halogens is 2. The van der Waals surface area contributed by atoms with Gasteiger partial charge in [-0.3, -0.25) is 0 Å². The molecule has 0 aliphatic heterocycles. The first-order chi connectivity index (χ1) is 26.0. The van der Waals surface area contributed by atoms with Crippen LogP contribution in [-0.2, 0) is 44.8 Å². The highest BCUT2D eigenvalue weighted by molar-refractivity contribution is 6.42. The Morgan fingerprint density at radius 2 is 1.25 bits per heavy atom. The summed E-state index contributed by atoms with van der Waals surface area (Å²) in [5.74, 6) is 1.90. The highest BCUT2D eigenvalue weighted by Gasteiger charge is 2.38. The second-order valence-electron chi connectivity index (χ2n) is 13.6. The van der Waals surface area contributed by atoms with E-state index in [1.54, 1.807) is 0 Å². The number of imidazole rings is 1. The Morgan fingerprint density at radius 1 is 0.623 bits per heavy atom. The lowest BCUT2D eigenvalue weighted by molar-refractivity contribution is 0.513. The summed E-state index contributed by atoms with van der Waals surface area (Å²) in [6.07, 6.45) is 10.4. The largest absolute Gasteiger partial charge is 0.350 e. The minimum absolute atomic E-state index is 0.541. The number of nitrogens with zero attached hydrogens (tertiary/aromatic N) is 6. The molecule has 0 aliphatic rings. The Balaban J connectivity index is 1.08. The van der Waals surface area contributed by atoms with Crippen LogP contribution < -0.4 is 0 Å². The zero-order chi connectivity index (χ0) is 36.2. The van der Waals surface area contributed by atoms with Crippen molar-refractivity contribution in [2.75, 3.05) is 0 Å². The summed E-state index contributed by atoms with van der Waals surface area (Å²) in [5, 5.41) is 11.8. The molecule has 0 bridgehead atoms. The van der Waals surface area contributed by atoms with Crippen LogP contribution in [0.25, 0.3) is 10.9 Å². The average Bonchev–Trinajstić information content (AvgIpc) is 3.91. The second kappa shape index (κ2) is 15.3. The molecule has 8 rings (SSSR count). The van der Waals surface area contributed by atoms with Crippen LogP contribution in [0.3, 0.4) is 0 Å². The third kappa shape index (κ3) is 6.93. The molecule has 6 nitrogen and oxygen atoms in total. The van der Waals surface area contributed by atoms with Gasteiger partial charge < -0.3 is 13.7 Å². The number of hydrogen-bond donors (Lipinski definition) is 0. The molecule has 264 valence electrons. The van der Waals surface area contributed by atoms with Crippen LogP contribution in [-0.4, -0.2) is 28.9 Å². The molecule has 0 saturated carbocycles. The molecule has 0 saturated heterocycles. The zero-order valence-corrected chi connectivity index (χ0v) is 31.1. The van der Waals surface area contributed by atoms with Crippen molar-refractivity contribution in [3.8, 4) is 0 Å². The van der Waals surface area contributed by atoms with Crippen LogP contribution in [0.2, 0.25) is 10.0 Å². The van der Waals surface area contributed by atoms with Crippen molar-refractivity contribution >= 4 is 34.1 Å². The van der Waals surface area contributed by atoms with Gasteiger partial charge in [0.15, 0.2) is 0 Å². The van der Waals surface area contributed by atoms with Gasteiger partial charge in [0.25, 0.3) is 0 Å². The van der Waals surface area contributed by atoms with E-state index in [1.165, 1.54) is 33.2 Å². The minimum Gasteiger partial charge on any atom is -0.350 e. The van der Waals surface area contributed by atoms with Crippen molar-refractivity contribution in [2.24, 2.45) is 7.05 Å². The molecule has 0 fully saturated rings. The Labute approximate surface area is 320 Å². The first-order valence-corrected chi connectivity index (χ1v) is 18.8. The quantitative estimate of drug-likeness (QED) is 0.111. The molecule has 0 radical (unpaired) electrons. The molecule has 8 heteroatoms. The van der Waals surface area contributed by atoms with Gasteiger partial charge in [-0.15, -0.1) is 10.2 Å². The van der Waals surface area contributed by atoms with Crippen LogP contribution in [0.15, 0.2) is 152 Å². The maximum atomic E-state index is 6.41. The van der Waals surface area contributed by atoms with Gasteiger partial charge in [0.2, 0.25) is 0 Å². The molecule has 0 unspecified atom stereocenters. The fourth-order valence-corrected chi connectivity index (χ4v) is 8.05. The Hall–Kier alpha value is -5.43. The summed E-state index contributed by atoms with van der Waals surface area (Å²) < 4.78 is 6.78. The van der Waals surface area contributed by atoms with Gasteiger partial charge in [0, 0.05) is 49.7 Å². The second-order valence-corrected chi connectivity index (χ2v) is 14.4. The van der Waals surface area contributed by atoms with Crippen molar-refractivity contribution < 1.29 is 0 Å². The first-order valence-electron chi connectivity index (χ1n) is 18.1. The van der Waals surface area contributed by atoms with Gasteiger partial charge in [0.05, 0.1) is 22.1 Å². The summed E-state index contributed by atoms with van der Waals surface area (Å²) in [5.41, 5.74) is 7.56. The fraction of sp³-hybridized carbons (Fsp3) is 0.178. The van der Waals surface area contributed by atoms with E-state index < -0.39 is 5.54 Å².